The maximum atomic E-state index is 14.1. The maximum absolute atomic E-state index is 14.1. The number of carboxylic acid groups (broad SMARTS) is 1. The molecule has 4 heterocycles. The van der Waals surface area contributed by atoms with Gasteiger partial charge in [-0.2, -0.15) is 0 Å². The van der Waals surface area contributed by atoms with Crippen LogP contribution in [-0.4, -0.2) is 56.4 Å². The van der Waals surface area contributed by atoms with E-state index in [0.717, 1.165) is 50.2 Å². The fourth-order valence-electron chi connectivity index (χ4n) is 7.27. The van der Waals surface area contributed by atoms with Crippen molar-refractivity contribution in [1.29, 1.82) is 0 Å². The van der Waals surface area contributed by atoms with E-state index in [1.165, 1.54) is 17.4 Å². The van der Waals surface area contributed by atoms with Gasteiger partial charge in [-0.05, 0) is 101 Å². The smallest absolute Gasteiger partial charge is 0.326 e. The molecule has 0 bridgehead atoms. The quantitative estimate of drug-likeness (QED) is 0.131. The number of pyridine rings is 1. The Bertz CT molecular complexity index is 2530. The Labute approximate surface area is 349 Å². The number of nitrogens with zero attached hydrogens (tertiary/aromatic N) is 3. The van der Waals surface area contributed by atoms with Gasteiger partial charge in [0.25, 0.3) is 5.89 Å². The zero-order chi connectivity index (χ0) is 41.2. The second-order valence-electron chi connectivity index (χ2n) is 14.5. The van der Waals surface area contributed by atoms with Crippen LogP contribution >= 0.6 is 23.2 Å². The van der Waals surface area contributed by atoms with Crippen molar-refractivity contribution < 1.29 is 38.1 Å². The number of amides is 2. The fourth-order valence-corrected chi connectivity index (χ4v) is 7.59. The summed E-state index contributed by atoms with van der Waals surface area (Å²) in [5.74, 6) is -0.987. The van der Waals surface area contributed by atoms with E-state index in [1.807, 2.05) is 86.6 Å². The summed E-state index contributed by atoms with van der Waals surface area (Å²) in [6.07, 6.45) is 4.07. The lowest BCUT2D eigenvalue weighted by molar-refractivity contribution is -0.142. The van der Waals surface area contributed by atoms with Crippen LogP contribution < -0.4 is 19.5 Å². The predicted molar refractivity (Wildman–Crippen MR) is 219 cm³/mol. The van der Waals surface area contributed by atoms with Gasteiger partial charge < -0.3 is 34.0 Å². The lowest BCUT2D eigenvalue weighted by atomic mass is 9.92. The number of fused-ring (bicyclic) bond motifs is 2. The Morgan fingerprint density at radius 2 is 1.66 bits per heavy atom. The third-order valence-electron chi connectivity index (χ3n) is 10.7. The van der Waals surface area contributed by atoms with Crippen molar-refractivity contribution in [3.05, 3.63) is 159 Å². The molecule has 3 atom stereocenters. The van der Waals surface area contributed by atoms with Gasteiger partial charge in [0, 0.05) is 31.3 Å². The molecule has 300 valence electrons. The van der Waals surface area contributed by atoms with Crippen LogP contribution in [0, 0.1) is 13.8 Å². The van der Waals surface area contributed by atoms with Crippen LogP contribution in [0.2, 0.25) is 10.0 Å². The van der Waals surface area contributed by atoms with Crippen molar-refractivity contribution in [2.45, 2.75) is 58.0 Å². The zero-order valence-electron chi connectivity index (χ0n) is 32.0. The first-order valence-electron chi connectivity index (χ1n) is 18.9. The van der Waals surface area contributed by atoms with Crippen molar-refractivity contribution in [3.63, 3.8) is 0 Å². The molecule has 0 saturated carbocycles. The van der Waals surface area contributed by atoms with Crippen LogP contribution in [0.5, 0.6) is 17.2 Å². The predicted octanol–water partition coefficient (Wildman–Crippen LogP) is 8.13. The molecule has 2 aliphatic rings. The summed E-state index contributed by atoms with van der Waals surface area (Å²) < 4.78 is 23.9. The first-order valence-corrected chi connectivity index (χ1v) is 19.6. The maximum Gasteiger partial charge on any atom is 0.326 e. The lowest BCUT2D eigenvalue weighted by Gasteiger charge is -2.37. The second kappa shape index (κ2) is 16.8. The molecule has 14 heteroatoms. The van der Waals surface area contributed by atoms with Crippen LogP contribution in [0.15, 0.2) is 108 Å². The van der Waals surface area contributed by atoms with Gasteiger partial charge in [-0.15, -0.1) is 0 Å². The van der Waals surface area contributed by atoms with E-state index in [9.17, 15) is 19.5 Å². The summed E-state index contributed by atoms with van der Waals surface area (Å²) in [5.41, 5.74) is 7.96. The number of carbonyl (C=O) groups excluding carboxylic acids is 2. The standard InChI is InChI=1S/C45H38Cl2N4O8/c1-25-26(2)48-14-13-34(25)29-6-3-27(4-7-29)18-37(45(54)55)50-42(52)38-19-31-20-39-40(21-32(31)22-51(38)44(53)43-49-15-16-56-43)59-41(24-58-39)30-8-10-33(11-9-30)57-23-28-5-12-35(46)36(47)17-28/h3-17,20-21,37-38,41H,18-19,22-24H2,1-2H3,(H,50,52)(H,54,55)/t37?,38-,41+/m0/s1. The first kappa shape index (κ1) is 39.5. The number of carboxylic acids is 1. The number of ether oxygens (including phenoxy) is 3. The van der Waals surface area contributed by atoms with Crippen molar-refractivity contribution >= 4 is 41.0 Å². The highest BCUT2D eigenvalue weighted by Crippen LogP contribution is 2.41. The summed E-state index contributed by atoms with van der Waals surface area (Å²) in [5, 5.41) is 13.9. The summed E-state index contributed by atoms with van der Waals surface area (Å²) in [4.78, 5) is 50.1. The molecule has 0 radical (unpaired) electrons. The van der Waals surface area contributed by atoms with E-state index in [1.54, 1.807) is 18.3 Å². The molecule has 2 amide bonds. The summed E-state index contributed by atoms with van der Waals surface area (Å²) in [7, 11) is 0. The number of benzene rings is 4. The highest BCUT2D eigenvalue weighted by atomic mass is 35.5. The Balaban J connectivity index is 0.970. The van der Waals surface area contributed by atoms with E-state index in [-0.39, 0.29) is 31.9 Å². The van der Waals surface area contributed by atoms with Gasteiger partial charge >= 0.3 is 11.9 Å². The van der Waals surface area contributed by atoms with Crippen molar-refractivity contribution in [3.8, 4) is 28.4 Å². The molecule has 6 aromatic rings. The van der Waals surface area contributed by atoms with Crippen LogP contribution in [0.1, 0.15) is 55.9 Å². The summed E-state index contributed by atoms with van der Waals surface area (Å²) in [6, 6.07) is 23.7. The number of aliphatic carboxylic acids is 1. The Morgan fingerprint density at radius 3 is 2.39 bits per heavy atom. The molecular weight excluding hydrogens is 795 g/mol. The molecule has 8 rings (SSSR count). The van der Waals surface area contributed by atoms with E-state index >= 15 is 0 Å². The van der Waals surface area contributed by atoms with Gasteiger partial charge in [-0.1, -0.05) is 65.7 Å². The minimum absolute atomic E-state index is 0.00784. The number of hydrogen-bond acceptors (Lipinski definition) is 9. The van der Waals surface area contributed by atoms with Crippen LogP contribution in [0.3, 0.4) is 0 Å². The molecule has 0 saturated heterocycles. The molecule has 12 nitrogen and oxygen atoms in total. The topological polar surface area (TPSA) is 153 Å². The molecule has 0 spiro atoms. The summed E-state index contributed by atoms with van der Waals surface area (Å²) >= 11 is 12.2. The number of oxazole rings is 1. The largest absolute Gasteiger partial charge is 0.489 e. The SMILES string of the molecule is Cc1nccc(-c2ccc(CC(NC(=O)[C@@H]3Cc4cc5c(cc4CN3C(=O)c3ncco3)O[C@@H](c3ccc(OCc4ccc(Cl)c(Cl)c4)cc3)CO5)C(=O)O)cc2)c1C. The third-order valence-corrected chi connectivity index (χ3v) is 11.4. The average Bonchev–Trinajstić information content (AvgIpc) is 3.79. The van der Waals surface area contributed by atoms with Crippen LogP contribution in [0.25, 0.3) is 11.1 Å². The second-order valence-corrected chi connectivity index (χ2v) is 15.3. The van der Waals surface area contributed by atoms with Crippen LogP contribution in [0.4, 0.5) is 0 Å². The normalized spacial score (nSPS) is 16.2. The molecular formula is C45H38Cl2N4O8. The number of nitrogens with one attached hydrogen (secondary N) is 1. The Hall–Kier alpha value is -6.37. The number of hydrogen-bond donors (Lipinski definition) is 2. The molecule has 4 aromatic carbocycles. The molecule has 0 aliphatic carbocycles. The van der Waals surface area contributed by atoms with Gasteiger partial charge in [0.05, 0.1) is 16.2 Å². The Kier molecular flexibility index (Phi) is 11.3. The number of rotatable bonds is 11. The van der Waals surface area contributed by atoms with Crippen LogP contribution in [-0.2, 0) is 35.6 Å². The minimum atomic E-state index is -1.27. The number of carbonyl (C=O) groups is 3. The monoisotopic (exact) mass is 832 g/mol. The average molecular weight is 834 g/mol. The van der Waals surface area contributed by atoms with Gasteiger partial charge in [-0.25, -0.2) is 9.78 Å². The van der Waals surface area contributed by atoms with Gasteiger partial charge in [0.15, 0.2) is 17.6 Å². The highest BCUT2D eigenvalue weighted by Gasteiger charge is 2.39. The van der Waals surface area contributed by atoms with E-state index in [4.69, 9.17) is 41.8 Å². The van der Waals surface area contributed by atoms with E-state index < -0.39 is 36.0 Å². The van der Waals surface area contributed by atoms with E-state index in [0.29, 0.717) is 33.9 Å². The molecule has 1 unspecified atom stereocenters. The van der Waals surface area contributed by atoms with Crippen molar-refractivity contribution in [1.82, 2.24) is 20.2 Å². The number of aryl methyl sites for hydroxylation is 1. The number of aromatic nitrogens is 2. The highest BCUT2D eigenvalue weighted by molar-refractivity contribution is 6.42. The first-order chi connectivity index (χ1) is 28.5. The summed E-state index contributed by atoms with van der Waals surface area (Å²) in [6.45, 7) is 4.51. The molecule has 0 fully saturated rings. The molecule has 59 heavy (non-hydrogen) atoms. The van der Waals surface area contributed by atoms with E-state index in [2.05, 4.69) is 15.3 Å². The Morgan fingerprint density at radius 1 is 0.898 bits per heavy atom. The van der Waals surface area contributed by atoms with Gasteiger partial charge in [0.1, 0.15) is 37.3 Å². The zero-order valence-corrected chi connectivity index (χ0v) is 33.5. The van der Waals surface area contributed by atoms with Gasteiger partial charge in [0.2, 0.25) is 5.91 Å². The minimum Gasteiger partial charge on any atom is -0.489 e. The van der Waals surface area contributed by atoms with Gasteiger partial charge in [-0.3, -0.25) is 14.6 Å². The lowest BCUT2D eigenvalue weighted by Crippen LogP contribution is -2.56. The van der Waals surface area contributed by atoms with Crippen molar-refractivity contribution in [2.75, 3.05) is 6.61 Å². The molecule has 2 aromatic heterocycles. The molecule has 2 aliphatic heterocycles. The molecule has 2 N–H and O–H groups in total. The third kappa shape index (κ3) is 8.60. The number of halogens is 2. The van der Waals surface area contributed by atoms with Crippen molar-refractivity contribution in [2.24, 2.45) is 0 Å². The fraction of sp³-hybridized carbons (Fsp3) is 0.222.